The lowest BCUT2D eigenvalue weighted by atomic mass is 9.84. The van der Waals surface area contributed by atoms with Crippen LogP contribution in [0.25, 0.3) is 0 Å². The van der Waals surface area contributed by atoms with E-state index in [0.717, 1.165) is 37.2 Å². The van der Waals surface area contributed by atoms with Gasteiger partial charge in [0.2, 0.25) is 11.8 Å². The third-order valence-corrected chi connectivity index (χ3v) is 11.2. The van der Waals surface area contributed by atoms with E-state index in [1.54, 1.807) is 33.2 Å². The fraction of sp³-hybridized carbons (Fsp3) is 0.744. The van der Waals surface area contributed by atoms with Gasteiger partial charge in [0, 0.05) is 52.6 Å². The summed E-state index contributed by atoms with van der Waals surface area (Å²) >= 11 is 5.81. The number of hydrogen-bond donors (Lipinski definition) is 2. The minimum atomic E-state index is -0.513. The van der Waals surface area contributed by atoms with Crippen molar-refractivity contribution in [2.75, 3.05) is 41.4 Å². The van der Waals surface area contributed by atoms with Crippen molar-refractivity contribution in [3.63, 3.8) is 0 Å². The third-order valence-electron chi connectivity index (χ3n) is 10.7. The Kier molecular flexibility index (Phi) is 18.4. The average Bonchev–Trinajstić information content (AvgIpc) is 3.56. The molecule has 0 spiro atoms. The highest BCUT2D eigenvalue weighted by Crippen LogP contribution is 2.31. The first-order chi connectivity index (χ1) is 23.2. The summed E-state index contributed by atoms with van der Waals surface area (Å²) in [6.07, 6.45) is 2.94. The van der Waals surface area contributed by atoms with Gasteiger partial charge in [-0.2, -0.15) is 0 Å². The topological polar surface area (TPSA) is 100 Å². The minimum absolute atomic E-state index is 0.00918. The quantitative estimate of drug-likeness (QED) is 0.161. The summed E-state index contributed by atoms with van der Waals surface area (Å²) in [6, 6.07) is 9.55. The highest BCUT2D eigenvalue weighted by Gasteiger charge is 2.42. The van der Waals surface area contributed by atoms with Crippen LogP contribution in [0.4, 0.5) is 0 Å². The van der Waals surface area contributed by atoms with E-state index < -0.39 is 12.0 Å². The largest absolute Gasteiger partial charge is 0.379 e. The van der Waals surface area contributed by atoms with Gasteiger partial charge in [-0.15, -0.1) is 0 Å². The molecule has 2 N–H and O–H groups in total. The minimum Gasteiger partial charge on any atom is -0.379 e. The number of likely N-dealkylation sites (tertiary alicyclic amines) is 1. The maximum atomic E-state index is 14.2. The molecule has 2 amide bonds. The molecule has 0 unspecified atom stereocenters. The fourth-order valence-corrected chi connectivity index (χ4v) is 7.76. The molecular weight excluding hydrogens is 637 g/mol. The Morgan fingerprint density at radius 2 is 1.65 bits per heavy atom. The average molecular weight is 703 g/mol. The van der Waals surface area contributed by atoms with E-state index in [9.17, 15) is 14.4 Å². The van der Waals surface area contributed by atoms with Gasteiger partial charge < -0.3 is 29.9 Å². The normalized spacial score (nSPS) is 19.2. The predicted octanol–water partition coefficient (Wildman–Crippen LogP) is 5.54. The number of nitrogens with one attached hydrogen (secondary N) is 2. The summed E-state index contributed by atoms with van der Waals surface area (Å²) in [5, 5.41) is 6.55. The van der Waals surface area contributed by atoms with Crippen LogP contribution < -0.4 is 10.6 Å². The lowest BCUT2D eigenvalue weighted by molar-refractivity contribution is -0.148. The van der Waals surface area contributed by atoms with Crippen LogP contribution >= 0.6 is 12.2 Å². The summed E-state index contributed by atoms with van der Waals surface area (Å²) in [5.41, 5.74) is 1.25. The highest BCUT2D eigenvalue weighted by atomic mass is 32.1. The van der Waals surface area contributed by atoms with Gasteiger partial charge in [0.25, 0.3) is 0 Å². The fourth-order valence-electron chi connectivity index (χ4n) is 7.52. The summed E-state index contributed by atoms with van der Waals surface area (Å²) in [5.74, 6) is -0.437. The summed E-state index contributed by atoms with van der Waals surface area (Å²) in [7, 11) is 6.91. The first kappa shape index (κ1) is 42.8. The zero-order chi connectivity index (χ0) is 36.8. The monoisotopic (exact) mass is 702 g/mol. The van der Waals surface area contributed by atoms with Crippen molar-refractivity contribution in [3.8, 4) is 0 Å². The zero-order valence-corrected chi connectivity index (χ0v) is 33.0. The van der Waals surface area contributed by atoms with E-state index in [1.165, 1.54) is 5.56 Å². The molecule has 1 aromatic carbocycles. The number of carbonyl (C=O) groups excluding carboxylic acids is 3. The Morgan fingerprint density at radius 3 is 2.18 bits per heavy atom. The Labute approximate surface area is 302 Å². The molecule has 1 aliphatic rings. The molecule has 10 heteroatoms. The van der Waals surface area contributed by atoms with Gasteiger partial charge in [-0.1, -0.05) is 97.4 Å². The number of Topliss-reactive ketones (excluding diaryl/α,β-unsaturated/α-hetero) is 1. The van der Waals surface area contributed by atoms with Crippen molar-refractivity contribution >= 4 is 34.8 Å². The number of benzene rings is 1. The van der Waals surface area contributed by atoms with Crippen LogP contribution in [0.1, 0.15) is 86.1 Å². The predicted molar refractivity (Wildman–Crippen MR) is 203 cm³/mol. The Bertz CT molecular complexity index is 1180. The van der Waals surface area contributed by atoms with E-state index >= 15 is 0 Å². The molecule has 1 heterocycles. The van der Waals surface area contributed by atoms with Crippen molar-refractivity contribution in [3.05, 3.63) is 35.9 Å². The number of nitrogens with zero attached hydrogens (tertiary/aromatic N) is 2. The van der Waals surface area contributed by atoms with Gasteiger partial charge in [0.05, 0.1) is 41.7 Å². The summed E-state index contributed by atoms with van der Waals surface area (Å²) in [6.45, 7) is 15.6. The number of likely N-dealkylation sites (N-methyl/N-ethyl adjacent to an activating group) is 2. The lowest BCUT2D eigenvalue weighted by Gasteiger charge is -2.41. The second kappa shape index (κ2) is 21.1. The van der Waals surface area contributed by atoms with Gasteiger partial charge >= 0.3 is 0 Å². The Morgan fingerprint density at radius 1 is 1.00 bits per heavy atom. The Hall–Kier alpha value is -2.40. The number of rotatable bonds is 21. The van der Waals surface area contributed by atoms with E-state index in [1.807, 2.05) is 50.8 Å². The second-order valence-electron chi connectivity index (χ2n) is 14.6. The van der Waals surface area contributed by atoms with Crippen molar-refractivity contribution in [1.29, 1.82) is 0 Å². The van der Waals surface area contributed by atoms with Gasteiger partial charge in [-0.25, -0.2) is 0 Å². The van der Waals surface area contributed by atoms with Crippen LogP contribution in [-0.4, -0.2) is 104 Å². The number of thiocarbonyl (C=S) groups is 1. The molecule has 1 aliphatic heterocycles. The van der Waals surface area contributed by atoms with Gasteiger partial charge in [0.15, 0.2) is 5.78 Å². The van der Waals surface area contributed by atoms with E-state index in [4.69, 9.17) is 21.7 Å². The van der Waals surface area contributed by atoms with E-state index in [0.29, 0.717) is 6.54 Å². The number of ketones is 1. The molecule has 2 rings (SSSR count). The van der Waals surface area contributed by atoms with Crippen molar-refractivity contribution in [1.82, 2.24) is 20.4 Å². The smallest absolute Gasteiger partial charge is 0.226 e. The van der Waals surface area contributed by atoms with Crippen molar-refractivity contribution < 1.29 is 23.9 Å². The van der Waals surface area contributed by atoms with Crippen LogP contribution in [0, 0.1) is 29.6 Å². The van der Waals surface area contributed by atoms with Crippen LogP contribution in [0.5, 0.6) is 0 Å². The van der Waals surface area contributed by atoms with Crippen LogP contribution in [0.2, 0.25) is 0 Å². The number of hydrogen-bond acceptors (Lipinski definition) is 7. The van der Waals surface area contributed by atoms with Crippen LogP contribution in [0.3, 0.4) is 0 Å². The molecule has 1 aromatic rings. The van der Waals surface area contributed by atoms with Crippen molar-refractivity contribution in [2.45, 2.75) is 117 Å². The lowest BCUT2D eigenvalue weighted by Crippen LogP contribution is -2.54. The zero-order valence-electron chi connectivity index (χ0n) is 32.2. The maximum Gasteiger partial charge on any atom is 0.226 e. The first-order valence-corrected chi connectivity index (χ1v) is 18.8. The number of methoxy groups -OCH3 is 2. The van der Waals surface area contributed by atoms with E-state index in [-0.39, 0.29) is 78.3 Å². The molecule has 0 aliphatic carbocycles. The SMILES string of the molecule is CC[C@H](C)[C@@H]([C@@H](CC(=O)N1CCC[C@H]1[C@H](OC)[C@@H](C)C(=S)NCCc1ccccc1)OC)N(C)C(=O)[C@@H](CC(=O)[C@@H](NC)C(C)C)C(C)C. The highest BCUT2D eigenvalue weighted by molar-refractivity contribution is 7.80. The van der Waals surface area contributed by atoms with E-state index in [2.05, 4.69) is 43.5 Å². The standard InChI is InChI=1S/C39H66N4O5S/c1-12-27(6)36(42(9)39(46)30(25(2)3)23-32(44)35(40-8)26(4)5)33(47-10)24-34(45)43-22-16-19-31(43)37(48-11)28(7)38(49)41-21-20-29-17-14-13-15-18-29/h13-15,17-18,25-28,30-31,33,35-37,40H,12,16,19-24H2,1-11H3,(H,41,49)/t27-,28+,30-,31-,33+,35-,36-,37+/m0/s1. The van der Waals surface area contributed by atoms with Gasteiger partial charge in [0.1, 0.15) is 0 Å². The molecule has 0 aromatic heterocycles. The number of carbonyl (C=O) groups is 3. The molecule has 278 valence electrons. The molecule has 0 radical (unpaired) electrons. The molecule has 1 fully saturated rings. The summed E-state index contributed by atoms with van der Waals surface area (Å²) < 4.78 is 12.1. The molecule has 49 heavy (non-hydrogen) atoms. The third kappa shape index (κ3) is 11.8. The van der Waals surface area contributed by atoms with Gasteiger partial charge in [-0.05, 0) is 49.6 Å². The first-order valence-electron chi connectivity index (χ1n) is 18.4. The molecule has 0 bridgehead atoms. The molecular formula is C39H66N4O5S. The maximum absolute atomic E-state index is 14.2. The van der Waals surface area contributed by atoms with Crippen LogP contribution in [-0.2, 0) is 30.3 Å². The number of ether oxygens (including phenoxy) is 2. The second-order valence-corrected chi connectivity index (χ2v) is 15.1. The Balaban J connectivity index is 2.20. The number of amides is 2. The molecule has 0 saturated carbocycles. The van der Waals surface area contributed by atoms with Gasteiger partial charge in [-0.3, -0.25) is 14.4 Å². The molecule has 1 saturated heterocycles. The summed E-state index contributed by atoms with van der Waals surface area (Å²) in [4.78, 5) is 46.0. The molecule has 8 atom stereocenters. The van der Waals surface area contributed by atoms with Crippen molar-refractivity contribution in [2.24, 2.45) is 29.6 Å². The molecule has 9 nitrogen and oxygen atoms in total. The van der Waals surface area contributed by atoms with Crippen LogP contribution in [0.15, 0.2) is 30.3 Å².